The molecule has 1 aliphatic heterocycles. The molecule has 0 saturated carbocycles. The summed E-state index contributed by atoms with van der Waals surface area (Å²) < 4.78 is 27.5. The average molecular weight is 413 g/mol. The zero-order chi connectivity index (χ0) is 17.3. The number of benzene rings is 1. The van der Waals surface area contributed by atoms with E-state index >= 15 is 0 Å². The fraction of sp³-hybridized carbons (Fsp3) is 0.400. The van der Waals surface area contributed by atoms with Crippen molar-refractivity contribution in [2.75, 3.05) is 13.1 Å². The molecule has 1 saturated heterocycles. The summed E-state index contributed by atoms with van der Waals surface area (Å²) in [6.45, 7) is 0.820. The SMILES string of the molecule is Cn1cnnc1S(=O)(=O)C1CCN(C(=O)c2cccc(Br)c2)CC1. The number of aromatic nitrogens is 3. The summed E-state index contributed by atoms with van der Waals surface area (Å²) in [5.41, 5.74) is 0.596. The zero-order valence-electron chi connectivity index (χ0n) is 13.1. The van der Waals surface area contributed by atoms with Crippen LogP contribution in [0.5, 0.6) is 0 Å². The minimum atomic E-state index is -3.53. The van der Waals surface area contributed by atoms with E-state index in [1.54, 1.807) is 24.1 Å². The maximum atomic E-state index is 12.6. The molecule has 24 heavy (non-hydrogen) atoms. The second kappa shape index (κ2) is 6.64. The summed E-state index contributed by atoms with van der Waals surface area (Å²) in [6.07, 6.45) is 2.17. The third-order valence-corrected chi connectivity index (χ3v) is 6.88. The Morgan fingerprint density at radius 1 is 1.29 bits per heavy atom. The van der Waals surface area contributed by atoms with Crippen molar-refractivity contribution in [1.29, 1.82) is 0 Å². The van der Waals surface area contributed by atoms with Crippen LogP contribution in [0, 0.1) is 0 Å². The van der Waals surface area contributed by atoms with Crippen molar-refractivity contribution in [2.24, 2.45) is 7.05 Å². The van der Waals surface area contributed by atoms with E-state index in [1.807, 2.05) is 12.1 Å². The largest absolute Gasteiger partial charge is 0.339 e. The predicted octanol–water partition coefficient (Wildman–Crippen LogP) is 1.66. The van der Waals surface area contributed by atoms with Crippen molar-refractivity contribution in [3.63, 3.8) is 0 Å². The lowest BCUT2D eigenvalue weighted by Gasteiger charge is -2.31. The highest BCUT2D eigenvalue weighted by Crippen LogP contribution is 2.24. The van der Waals surface area contributed by atoms with Crippen molar-refractivity contribution >= 4 is 31.7 Å². The number of likely N-dealkylation sites (tertiary alicyclic amines) is 1. The van der Waals surface area contributed by atoms with Crippen molar-refractivity contribution in [1.82, 2.24) is 19.7 Å². The third-order valence-electron chi connectivity index (χ3n) is 4.16. The van der Waals surface area contributed by atoms with Gasteiger partial charge in [0.25, 0.3) is 5.91 Å². The number of halogens is 1. The van der Waals surface area contributed by atoms with Crippen molar-refractivity contribution in [2.45, 2.75) is 23.2 Å². The molecule has 128 valence electrons. The molecule has 0 bridgehead atoms. The van der Waals surface area contributed by atoms with E-state index in [-0.39, 0.29) is 11.1 Å². The van der Waals surface area contributed by atoms with Crippen molar-refractivity contribution in [3.05, 3.63) is 40.6 Å². The first-order valence-electron chi connectivity index (χ1n) is 7.52. The maximum absolute atomic E-state index is 12.6. The van der Waals surface area contributed by atoms with Crippen LogP contribution in [-0.4, -0.2) is 52.3 Å². The highest BCUT2D eigenvalue weighted by atomic mass is 79.9. The lowest BCUT2D eigenvalue weighted by molar-refractivity contribution is 0.0725. The third kappa shape index (κ3) is 3.23. The van der Waals surface area contributed by atoms with Crippen LogP contribution in [0.15, 0.2) is 40.2 Å². The topological polar surface area (TPSA) is 85.2 Å². The van der Waals surface area contributed by atoms with Gasteiger partial charge in [0.15, 0.2) is 0 Å². The summed E-state index contributed by atoms with van der Waals surface area (Å²) in [5, 5.41) is 6.80. The van der Waals surface area contributed by atoms with Gasteiger partial charge in [-0.2, -0.15) is 0 Å². The van der Waals surface area contributed by atoms with Gasteiger partial charge in [0.05, 0.1) is 5.25 Å². The van der Waals surface area contributed by atoms with Crippen molar-refractivity contribution in [3.8, 4) is 0 Å². The van der Waals surface area contributed by atoms with Gasteiger partial charge in [-0.3, -0.25) is 4.79 Å². The molecule has 3 rings (SSSR count). The second-order valence-electron chi connectivity index (χ2n) is 5.77. The molecule has 1 aromatic carbocycles. The van der Waals surface area contributed by atoms with E-state index < -0.39 is 15.1 Å². The number of amides is 1. The molecule has 2 heterocycles. The number of rotatable bonds is 3. The number of hydrogen-bond donors (Lipinski definition) is 0. The number of carbonyl (C=O) groups excluding carboxylic acids is 1. The monoisotopic (exact) mass is 412 g/mol. The van der Waals surface area contributed by atoms with Crippen LogP contribution in [0.2, 0.25) is 0 Å². The van der Waals surface area contributed by atoms with Gasteiger partial charge in [0, 0.05) is 30.2 Å². The first kappa shape index (κ1) is 17.1. The van der Waals surface area contributed by atoms with Crippen LogP contribution in [-0.2, 0) is 16.9 Å². The molecule has 0 N–H and O–H groups in total. The molecule has 1 amide bonds. The smallest absolute Gasteiger partial charge is 0.253 e. The maximum Gasteiger partial charge on any atom is 0.253 e. The van der Waals surface area contributed by atoms with E-state index in [0.717, 1.165) is 4.47 Å². The molecule has 1 fully saturated rings. The molecule has 1 aliphatic rings. The first-order chi connectivity index (χ1) is 11.4. The number of piperidine rings is 1. The highest BCUT2D eigenvalue weighted by Gasteiger charge is 2.35. The van der Waals surface area contributed by atoms with E-state index in [9.17, 15) is 13.2 Å². The minimum Gasteiger partial charge on any atom is -0.339 e. The van der Waals surface area contributed by atoms with Crippen LogP contribution in [0.1, 0.15) is 23.2 Å². The Labute approximate surface area is 148 Å². The fourth-order valence-electron chi connectivity index (χ4n) is 2.85. The fourth-order valence-corrected chi connectivity index (χ4v) is 4.99. The Morgan fingerprint density at radius 2 is 2.00 bits per heavy atom. The van der Waals surface area contributed by atoms with E-state index in [1.165, 1.54) is 10.9 Å². The Balaban J connectivity index is 1.70. The van der Waals surface area contributed by atoms with E-state index in [0.29, 0.717) is 31.5 Å². The predicted molar refractivity (Wildman–Crippen MR) is 91.3 cm³/mol. The van der Waals surface area contributed by atoms with Gasteiger partial charge in [-0.05, 0) is 31.0 Å². The van der Waals surface area contributed by atoms with E-state index in [4.69, 9.17) is 0 Å². The van der Waals surface area contributed by atoms with Gasteiger partial charge in [-0.25, -0.2) is 8.42 Å². The summed E-state index contributed by atoms with van der Waals surface area (Å²) in [5.74, 6) is -0.0780. The Hall–Kier alpha value is -1.74. The molecule has 0 spiro atoms. The summed E-state index contributed by atoms with van der Waals surface area (Å²) >= 11 is 3.35. The molecule has 0 aliphatic carbocycles. The average Bonchev–Trinajstić information content (AvgIpc) is 3.01. The summed E-state index contributed by atoms with van der Waals surface area (Å²) in [6, 6.07) is 7.19. The van der Waals surface area contributed by atoms with Crippen LogP contribution in [0.4, 0.5) is 0 Å². The number of aryl methyl sites for hydroxylation is 1. The number of hydrogen-bond acceptors (Lipinski definition) is 5. The summed E-state index contributed by atoms with van der Waals surface area (Å²) in [7, 11) is -1.92. The Morgan fingerprint density at radius 3 is 2.58 bits per heavy atom. The van der Waals surface area contributed by atoms with Crippen molar-refractivity contribution < 1.29 is 13.2 Å². The highest BCUT2D eigenvalue weighted by molar-refractivity contribution is 9.10. The van der Waals surface area contributed by atoms with Gasteiger partial charge in [-0.1, -0.05) is 22.0 Å². The van der Waals surface area contributed by atoms with Gasteiger partial charge in [0.2, 0.25) is 15.0 Å². The number of sulfone groups is 1. The molecular formula is C15H17BrN4O3S. The molecule has 0 radical (unpaired) electrons. The molecular weight excluding hydrogens is 396 g/mol. The van der Waals surface area contributed by atoms with Crippen LogP contribution < -0.4 is 0 Å². The molecule has 1 aromatic heterocycles. The van der Waals surface area contributed by atoms with Gasteiger partial charge in [0.1, 0.15) is 6.33 Å². The number of nitrogens with zero attached hydrogens (tertiary/aromatic N) is 4. The van der Waals surface area contributed by atoms with Crippen LogP contribution in [0.3, 0.4) is 0 Å². The normalized spacial score (nSPS) is 16.3. The van der Waals surface area contributed by atoms with E-state index in [2.05, 4.69) is 26.1 Å². The second-order valence-corrected chi connectivity index (χ2v) is 8.81. The standard InChI is InChI=1S/C15H17BrN4O3S/c1-19-10-17-18-15(19)24(22,23)13-5-7-20(8-6-13)14(21)11-3-2-4-12(16)9-11/h2-4,9-10,13H,5-8H2,1H3. The quantitative estimate of drug-likeness (QED) is 0.764. The molecule has 0 unspecified atom stereocenters. The first-order valence-corrected chi connectivity index (χ1v) is 9.86. The number of carbonyl (C=O) groups is 1. The van der Waals surface area contributed by atoms with Crippen LogP contribution in [0.25, 0.3) is 0 Å². The lowest BCUT2D eigenvalue weighted by Crippen LogP contribution is -2.42. The lowest BCUT2D eigenvalue weighted by atomic mass is 10.1. The Kier molecular flexibility index (Phi) is 4.73. The van der Waals surface area contributed by atoms with Gasteiger partial charge >= 0.3 is 0 Å². The van der Waals surface area contributed by atoms with Gasteiger partial charge < -0.3 is 9.47 Å². The molecule has 7 nitrogen and oxygen atoms in total. The van der Waals surface area contributed by atoms with Gasteiger partial charge in [-0.15, -0.1) is 10.2 Å². The minimum absolute atomic E-state index is 0.0146. The Bertz CT molecular complexity index is 857. The molecule has 0 atom stereocenters. The zero-order valence-corrected chi connectivity index (χ0v) is 15.5. The van der Waals surface area contributed by atoms with Crippen LogP contribution >= 0.6 is 15.9 Å². The molecule has 2 aromatic rings. The summed E-state index contributed by atoms with van der Waals surface area (Å²) in [4.78, 5) is 14.2. The molecule has 9 heteroatoms.